The number of hydrogen-bond acceptors (Lipinski definition) is 3. The van der Waals surface area contributed by atoms with E-state index in [2.05, 4.69) is 19.1 Å². The van der Waals surface area contributed by atoms with E-state index in [0.717, 1.165) is 43.4 Å². The molecule has 0 aromatic heterocycles. The van der Waals surface area contributed by atoms with Crippen LogP contribution in [0.5, 0.6) is 0 Å². The van der Waals surface area contributed by atoms with Gasteiger partial charge in [0.2, 0.25) is 0 Å². The van der Waals surface area contributed by atoms with Gasteiger partial charge in [0, 0.05) is 5.41 Å². The lowest BCUT2D eigenvalue weighted by Crippen LogP contribution is -2.32. The number of carboxylic acid groups (broad SMARTS) is 1. The predicted molar refractivity (Wildman–Crippen MR) is 137 cm³/mol. The third-order valence-electron chi connectivity index (χ3n) is 6.69. The van der Waals surface area contributed by atoms with Crippen LogP contribution in [0.2, 0.25) is 0 Å². The van der Waals surface area contributed by atoms with Crippen LogP contribution < -0.4 is 0 Å². The lowest BCUT2D eigenvalue weighted by Gasteiger charge is -2.28. The molecule has 0 saturated carbocycles. The van der Waals surface area contributed by atoms with Crippen LogP contribution in [-0.2, 0) is 15.6 Å². The number of hydrogen-bond donors (Lipinski definition) is 2. The van der Waals surface area contributed by atoms with Crippen molar-refractivity contribution in [3.8, 4) is 0 Å². The molecule has 2 N–H and O–H groups in total. The third-order valence-corrected chi connectivity index (χ3v) is 7.84. The lowest BCUT2D eigenvalue weighted by molar-refractivity contribution is -0.143. The highest BCUT2D eigenvalue weighted by molar-refractivity contribution is 7.99. The second-order valence-corrected chi connectivity index (χ2v) is 10.5. The number of unbranched alkanes of at least 4 members (excludes halogenated alkanes) is 4. The van der Waals surface area contributed by atoms with Gasteiger partial charge >= 0.3 is 5.97 Å². The van der Waals surface area contributed by atoms with E-state index in [1.54, 1.807) is 0 Å². The summed E-state index contributed by atoms with van der Waals surface area (Å²) in [6.45, 7) is 4.19. The molecule has 0 heterocycles. The molecule has 0 amide bonds. The van der Waals surface area contributed by atoms with E-state index >= 15 is 0 Å². The maximum absolute atomic E-state index is 11.9. The van der Waals surface area contributed by atoms with Crippen LogP contribution in [0.25, 0.3) is 0 Å². The highest BCUT2D eigenvalue weighted by Gasteiger charge is 2.34. The number of aliphatic carboxylic acids is 1. The van der Waals surface area contributed by atoms with E-state index in [0.29, 0.717) is 6.42 Å². The highest BCUT2D eigenvalue weighted by Crippen LogP contribution is 2.31. The van der Waals surface area contributed by atoms with Crippen molar-refractivity contribution in [3.05, 3.63) is 71.8 Å². The van der Waals surface area contributed by atoms with Crippen molar-refractivity contribution in [2.45, 2.75) is 76.0 Å². The van der Waals surface area contributed by atoms with E-state index in [4.69, 9.17) is 0 Å². The molecule has 2 atom stereocenters. The van der Waals surface area contributed by atoms with Crippen molar-refractivity contribution in [2.75, 3.05) is 18.1 Å². The Kier molecular flexibility index (Phi) is 11.3. The van der Waals surface area contributed by atoms with Crippen molar-refractivity contribution >= 4 is 17.7 Å². The molecule has 0 spiro atoms. The summed E-state index contributed by atoms with van der Waals surface area (Å²) < 4.78 is 0. The van der Waals surface area contributed by atoms with Gasteiger partial charge in [-0.15, -0.1) is 0 Å². The number of carbonyl (C=O) groups is 1. The molecule has 2 unspecified atom stereocenters. The van der Waals surface area contributed by atoms with Crippen LogP contribution >= 0.6 is 11.8 Å². The molecule has 4 heteroatoms. The van der Waals surface area contributed by atoms with Crippen molar-refractivity contribution in [2.24, 2.45) is 0 Å². The molecule has 3 nitrogen and oxygen atoms in total. The fourth-order valence-corrected chi connectivity index (χ4v) is 5.21. The topological polar surface area (TPSA) is 57.5 Å². The second-order valence-electron chi connectivity index (χ2n) is 9.32. The minimum Gasteiger partial charge on any atom is -0.481 e. The van der Waals surface area contributed by atoms with Crippen LogP contribution in [0.3, 0.4) is 0 Å². The Hall–Kier alpha value is -1.78. The number of thioether (sulfide) groups is 1. The number of rotatable bonds is 16. The van der Waals surface area contributed by atoms with E-state index < -0.39 is 11.4 Å². The molecule has 32 heavy (non-hydrogen) atoms. The first-order chi connectivity index (χ1) is 15.4. The molecule has 0 aliphatic heterocycles. The van der Waals surface area contributed by atoms with Crippen LogP contribution in [-0.4, -0.2) is 34.3 Å². The Morgan fingerprint density at radius 2 is 1.25 bits per heavy atom. The molecule has 2 aromatic carbocycles. The van der Waals surface area contributed by atoms with Crippen molar-refractivity contribution in [1.82, 2.24) is 0 Å². The third kappa shape index (κ3) is 7.97. The van der Waals surface area contributed by atoms with Gasteiger partial charge in [0.25, 0.3) is 0 Å². The Morgan fingerprint density at radius 3 is 1.75 bits per heavy atom. The van der Waals surface area contributed by atoms with Crippen LogP contribution in [0.4, 0.5) is 0 Å². The first kappa shape index (κ1) is 26.5. The SMILES string of the molecule is CC(CO)(CCCCCSCCCCCC(C)(C(=O)O)c1ccccc1)c1ccccc1. The number of carboxylic acids is 1. The minimum absolute atomic E-state index is 0.140. The first-order valence-corrected chi connectivity index (χ1v) is 13.1. The molecular weight excluding hydrogens is 416 g/mol. The monoisotopic (exact) mass is 456 g/mol. The van der Waals surface area contributed by atoms with E-state index in [1.807, 2.05) is 67.2 Å². The molecule has 0 bridgehead atoms. The molecule has 2 rings (SSSR count). The maximum atomic E-state index is 11.9. The largest absolute Gasteiger partial charge is 0.481 e. The van der Waals surface area contributed by atoms with Crippen molar-refractivity contribution in [3.63, 3.8) is 0 Å². The summed E-state index contributed by atoms with van der Waals surface area (Å²) >= 11 is 2.01. The fourth-order valence-electron chi connectivity index (χ4n) is 4.19. The average molecular weight is 457 g/mol. The molecule has 0 saturated heterocycles. The van der Waals surface area contributed by atoms with E-state index in [9.17, 15) is 15.0 Å². The molecule has 0 aliphatic rings. The molecule has 2 aromatic rings. The zero-order valence-corrected chi connectivity index (χ0v) is 20.6. The maximum Gasteiger partial charge on any atom is 0.313 e. The normalized spacial score (nSPS) is 15.1. The Balaban J connectivity index is 1.55. The smallest absolute Gasteiger partial charge is 0.313 e. The molecule has 0 aliphatic carbocycles. The fraction of sp³-hybridized carbons (Fsp3) is 0.536. The predicted octanol–water partition coefficient (Wildman–Crippen LogP) is 6.83. The Bertz CT molecular complexity index is 780. The number of aliphatic hydroxyl groups excluding tert-OH is 1. The van der Waals surface area contributed by atoms with Gasteiger partial charge in [-0.05, 0) is 55.2 Å². The summed E-state index contributed by atoms with van der Waals surface area (Å²) in [4.78, 5) is 11.9. The summed E-state index contributed by atoms with van der Waals surface area (Å²) in [7, 11) is 0. The summed E-state index contributed by atoms with van der Waals surface area (Å²) in [6.07, 6.45) is 8.41. The molecule has 176 valence electrons. The lowest BCUT2D eigenvalue weighted by atomic mass is 9.78. The van der Waals surface area contributed by atoms with Crippen molar-refractivity contribution < 1.29 is 15.0 Å². The van der Waals surface area contributed by atoms with Gasteiger partial charge in [0.15, 0.2) is 0 Å². The summed E-state index contributed by atoms with van der Waals surface area (Å²) in [5.41, 5.74) is 1.19. The van der Waals surface area contributed by atoms with Gasteiger partial charge in [-0.3, -0.25) is 4.79 Å². The minimum atomic E-state index is -0.794. The van der Waals surface area contributed by atoms with Gasteiger partial charge in [-0.1, -0.05) is 93.3 Å². The summed E-state index contributed by atoms with van der Waals surface area (Å²) in [5.74, 6) is 1.59. The second kappa shape index (κ2) is 13.7. The van der Waals surface area contributed by atoms with E-state index in [-0.39, 0.29) is 12.0 Å². The van der Waals surface area contributed by atoms with Crippen LogP contribution in [0.1, 0.15) is 76.3 Å². The van der Waals surface area contributed by atoms with Crippen LogP contribution in [0, 0.1) is 0 Å². The number of benzene rings is 2. The molecule has 0 fully saturated rings. The highest BCUT2D eigenvalue weighted by atomic mass is 32.2. The zero-order valence-electron chi connectivity index (χ0n) is 19.8. The van der Waals surface area contributed by atoms with E-state index in [1.165, 1.54) is 24.2 Å². The van der Waals surface area contributed by atoms with Crippen LogP contribution in [0.15, 0.2) is 60.7 Å². The van der Waals surface area contributed by atoms with Gasteiger partial charge in [-0.2, -0.15) is 11.8 Å². The Morgan fingerprint density at radius 1 is 0.750 bits per heavy atom. The summed E-state index contributed by atoms with van der Waals surface area (Å²) in [6, 6.07) is 20.0. The standard InChI is InChI=1S/C28H40O3S/c1-27(23-29,24-15-7-3-8-16-24)19-11-5-13-21-32-22-14-6-12-20-28(2,26(30)31)25-17-9-4-10-18-25/h3-4,7-10,15-18,29H,5-6,11-14,19-23H2,1-2H3,(H,30,31). The Labute approximate surface area is 198 Å². The summed E-state index contributed by atoms with van der Waals surface area (Å²) in [5, 5.41) is 19.6. The van der Waals surface area contributed by atoms with Gasteiger partial charge in [0.1, 0.15) is 0 Å². The van der Waals surface area contributed by atoms with Gasteiger partial charge in [-0.25, -0.2) is 0 Å². The molecular formula is C28H40O3S. The van der Waals surface area contributed by atoms with Crippen molar-refractivity contribution in [1.29, 1.82) is 0 Å². The van der Waals surface area contributed by atoms with Gasteiger partial charge < -0.3 is 10.2 Å². The molecule has 0 radical (unpaired) electrons. The first-order valence-electron chi connectivity index (χ1n) is 12.0. The zero-order chi connectivity index (χ0) is 23.3. The quantitative estimate of drug-likeness (QED) is 0.272. The average Bonchev–Trinajstić information content (AvgIpc) is 2.83. The van der Waals surface area contributed by atoms with Gasteiger partial charge in [0.05, 0.1) is 12.0 Å². The number of aliphatic hydroxyl groups is 1.